The van der Waals surface area contributed by atoms with Crippen LogP contribution in [-0.2, 0) is 42.1 Å². The van der Waals surface area contributed by atoms with Crippen LogP contribution in [0.4, 0.5) is 0 Å². The maximum atomic E-state index is 12.4. The van der Waals surface area contributed by atoms with Gasteiger partial charge in [-0.2, -0.15) is 8.42 Å². The first-order valence-electron chi connectivity index (χ1n) is 8.69. The van der Waals surface area contributed by atoms with Crippen molar-refractivity contribution in [1.29, 1.82) is 0 Å². The zero-order valence-corrected chi connectivity index (χ0v) is 17.0. The highest BCUT2D eigenvalue weighted by atomic mass is 32.2. The van der Waals surface area contributed by atoms with Crippen LogP contribution in [0.15, 0.2) is 29.3 Å². The van der Waals surface area contributed by atoms with Gasteiger partial charge in [0.2, 0.25) is 0 Å². The monoisotopic (exact) mass is 411 g/mol. The molecule has 0 radical (unpaired) electrons. The van der Waals surface area contributed by atoms with Crippen LogP contribution < -0.4 is 5.73 Å². The van der Waals surface area contributed by atoms with Gasteiger partial charge in [-0.1, -0.05) is 0 Å². The second kappa shape index (κ2) is 9.18. The summed E-state index contributed by atoms with van der Waals surface area (Å²) in [5.41, 5.74) is 6.93. The second-order valence-electron chi connectivity index (χ2n) is 6.59. The van der Waals surface area contributed by atoms with E-state index in [1.807, 2.05) is 36.8 Å². The van der Waals surface area contributed by atoms with E-state index in [9.17, 15) is 18.0 Å². The number of carbonyl (C=O) groups excluding carboxylic acids is 2. The third-order valence-corrected chi connectivity index (χ3v) is 5.38. The lowest BCUT2D eigenvalue weighted by Gasteiger charge is -2.09. The first kappa shape index (κ1) is 21.9. The van der Waals surface area contributed by atoms with Gasteiger partial charge in [0.1, 0.15) is 11.6 Å². The average molecular weight is 411 g/mol. The molecule has 0 unspecified atom stereocenters. The third-order valence-electron chi connectivity index (χ3n) is 4.14. The first-order valence-corrected chi connectivity index (χ1v) is 10.1. The highest BCUT2D eigenvalue weighted by molar-refractivity contribution is 7.87. The van der Waals surface area contributed by atoms with E-state index in [0.29, 0.717) is 0 Å². The van der Waals surface area contributed by atoms with Gasteiger partial charge in [0.25, 0.3) is 0 Å². The molecule has 10 heteroatoms. The summed E-state index contributed by atoms with van der Waals surface area (Å²) in [6, 6.07) is 4.57. The van der Waals surface area contributed by atoms with Gasteiger partial charge < -0.3 is 18.4 Å². The smallest absolute Gasteiger partial charge is 0.341 e. The standard InChI is InChI=1S/C18H25N3O6S/c1-20(2)9-8-13-11-21(3)16-5-4-14(10-15(13)16)28(24,25)27-18(23)7-6-17(22)26-12-19/h4-5,10-11H,6-9,12,19H2,1-3H3. The largest absolute Gasteiger partial charge is 0.450 e. The molecular formula is C18H25N3O6S. The number of fused-ring (bicyclic) bond motifs is 1. The molecule has 154 valence electrons. The van der Waals surface area contributed by atoms with Gasteiger partial charge in [0, 0.05) is 30.7 Å². The number of hydrogen-bond donors (Lipinski definition) is 1. The molecule has 28 heavy (non-hydrogen) atoms. The molecular weight excluding hydrogens is 386 g/mol. The predicted molar refractivity (Wildman–Crippen MR) is 103 cm³/mol. The number of aryl methyl sites for hydroxylation is 1. The Morgan fingerprint density at radius 3 is 2.50 bits per heavy atom. The Balaban J connectivity index is 2.19. The second-order valence-corrected chi connectivity index (χ2v) is 8.14. The van der Waals surface area contributed by atoms with Crippen LogP contribution >= 0.6 is 0 Å². The van der Waals surface area contributed by atoms with Crippen molar-refractivity contribution < 1.29 is 26.9 Å². The third kappa shape index (κ3) is 5.54. The van der Waals surface area contributed by atoms with Crippen molar-refractivity contribution in [3.05, 3.63) is 30.0 Å². The minimum Gasteiger partial charge on any atom is -0.450 e. The van der Waals surface area contributed by atoms with Gasteiger partial charge in [-0.15, -0.1) is 0 Å². The lowest BCUT2D eigenvalue weighted by atomic mass is 10.1. The number of hydrogen-bond acceptors (Lipinski definition) is 8. The SMILES string of the molecule is CN(C)CCc1cn(C)c2ccc(S(=O)(=O)OC(=O)CCC(=O)OCN)cc12. The van der Waals surface area contributed by atoms with Crippen molar-refractivity contribution in [3.8, 4) is 0 Å². The lowest BCUT2D eigenvalue weighted by Crippen LogP contribution is -2.17. The van der Waals surface area contributed by atoms with E-state index >= 15 is 0 Å². The highest BCUT2D eigenvalue weighted by Crippen LogP contribution is 2.26. The molecule has 0 fully saturated rings. The van der Waals surface area contributed by atoms with Crippen LogP contribution in [0.5, 0.6) is 0 Å². The van der Waals surface area contributed by atoms with Crippen LogP contribution in [0.2, 0.25) is 0 Å². The summed E-state index contributed by atoms with van der Waals surface area (Å²) in [7, 11) is 1.51. The number of benzene rings is 1. The molecule has 0 aliphatic rings. The maximum Gasteiger partial charge on any atom is 0.341 e. The molecule has 0 aliphatic heterocycles. The first-order chi connectivity index (χ1) is 13.1. The number of carbonyl (C=O) groups is 2. The fourth-order valence-corrected chi connectivity index (χ4v) is 3.65. The molecule has 1 aromatic carbocycles. The van der Waals surface area contributed by atoms with Gasteiger partial charge >= 0.3 is 22.1 Å². The van der Waals surface area contributed by atoms with E-state index in [1.165, 1.54) is 12.1 Å². The number of nitrogens with zero attached hydrogens (tertiary/aromatic N) is 2. The normalized spacial score (nSPS) is 11.8. The topological polar surface area (TPSA) is 121 Å². The van der Waals surface area contributed by atoms with E-state index in [2.05, 4.69) is 8.92 Å². The van der Waals surface area contributed by atoms with Crippen molar-refractivity contribution in [2.75, 3.05) is 27.4 Å². The molecule has 1 heterocycles. The number of likely N-dealkylation sites (N-methyl/N-ethyl adjacent to an activating group) is 1. The lowest BCUT2D eigenvalue weighted by molar-refractivity contribution is -0.146. The Bertz CT molecular complexity index is 965. The molecule has 0 spiro atoms. The molecule has 1 aromatic heterocycles. The van der Waals surface area contributed by atoms with Crippen molar-refractivity contribution in [2.45, 2.75) is 24.2 Å². The number of rotatable bonds is 9. The zero-order valence-electron chi connectivity index (χ0n) is 16.2. The summed E-state index contributed by atoms with van der Waals surface area (Å²) in [5.74, 6) is -1.73. The van der Waals surface area contributed by atoms with Gasteiger partial charge in [-0.25, -0.2) is 0 Å². The summed E-state index contributed by atoms with van der Waals surface area (Å²) in [6.45, 7) is 0.503. The molecule has 0 saturated heterocycles. The summed E-state index contributed by atoms with van der Waals surface area (Å²) in [5, 5.41) is 0.785. The number of aromatic nitrogens is 1. The molecule has 2 aromatic rings. The fraction of sp³-hybridized carbons (Fsp3) is 0.444. The average Bonchev–Trinajstić information content (AvgIpc) is 2.93. The Hall–Kier alpha value is -2.43. The van der Waals surface area contributed by atoms with Gasteiger partial charge in [-0.05, 0) is 44.3 Å². The molecule has 0 saturated carbocycles. The Morgan fingerprint density at radius 2 is 1.86 bits per heavy atom. The Morgan fingerprint density at radius 1 is 1.18 bits per heavy atom. The number of esters is 1. The minimum atomic E-state index is -4.30. The fourth-order valence-electron chi connectivity index (χ4n) is 2.73. The number of nitrogens with two attached hydrogens (primary N) is 1. The Kier molecular flexibility index (Phi) is 7.17. The molecule has 0 aliphatic carbocycles. The predicted octanol–water partition coefficient (Wildman–Crippen LogP) is 0.754. The number of ether oxygens (including phenoxy) is 1. The van der Waals surface area contributed by atoms with Crippen LogP contribution in [0, 0.1) is 0 Å². The molecule has 2 N–H and O–H groups in total. The van der Waals surface area contributed by atoms with Crippen molar-refractivity contribution >= 4 is 33.0 Å². The molecule has 0 bridgehead atoms. The summed E-state index contributed by atoms with van der Waals surface area (Å²) < 4.78 is 35.9. The van der Waals surface area contributed by atoms with Crippen LogP contribution in [-0.4, -0.2) is 57.2 Å². The molecule has 9 nitrogen and oxygen atoms in total. The molecule has 2 rings (SSSR count). The van der Waals surface area contributed by atoms with Crippen molar-refractivity contribution in [2.24, 2.45) is 12.8 Å². The van der Waals surface area contributed by atoms with E-state index in [4.69, 9.17) is 5.73 Å². The van der Waals surface area contributed by atoms with Crippen LogP contribution in [0.25, 0.3) is 10.9 Å². The van der Waals surface area contributed by atoms with Gasteiger partial charge in [0.05, 0.1) is 12.8 Å². The van der Waals surface area contributed by atoms with E-state index in [0.717, 1.165) is 29.4 Å². The maximum absolute atomic E-state index is 12.4. The molecule has 0 atom stereocenters. The zero-order chi connectivity index (χ0) is 20.9. The van der Waals surface area contributed by atoms with Gasteiger partial charge in [-0.3, -0.25) is 15.3 Å². The highest BCUT2D eigenvalue weighted by Gasteiger charge is 2.22. The van der Waals surface area contributed by atoms with E-state index in [1.54, 1.807) is 6.07 Å². The van der Waals surface area contributed by atoms with Crippen molar-refractivity contribution in [3.63, 3.8) is 0 Å². The minimum absolute atomic E-state index is 0.116. The summed E-state index contributed by atoms with van der Waals surface area (Å²) in [6.07, 6.45) is 1.98. The van der Waals surface area contributed by atoms with Crippen molar-refractivity contribution in [1.82, 2.24) is 9.47 Å². The summed E-state index contributed by atoms with van der Waals surface area (Å²) >= 11 is 0. The summed E-state index contributed by atoms with van der Waals surface area (Å²) in [4.78, 5) is 24.9. The van der Waals surface area contributed by atoms with Crippen LogP contribution in [0.3, 0.4) is 0 Å². The molecule has 0 amide bonds. The van der Waals surface area contributed by atoms with E-state index < -0.39 is 28.5 Å². The van der Waals surface area contributed by atoms with Crippen LogP contribution in [0.1, 0.15) is 18.4 Å². The van der Waals surface area contributed by atoms with Gasteiger partial charge in [0.15, 0.2) is 0 Å². The quantitative estimate of drug-likeness (QED) is 0.365. The Labute approximate surface area is 164 Å². The van der Waals surface area contributed by atoms with E-state index in [-0.39, 0.29) is 18.0 Å².